The molecule has 0 saturated carbocycles. The van der Waals surface area contributed by atoms with Gasteiger partial charge in [-0.15, -0.1) is 3.89 Å². The molecule has 0 fully saturated rings. The lowest BCUT2D eigenvalue weighted by molar-refractivity contribution is -0.138. The van der Waals surface area contributed by atoms with E-state index >= 15 is 0 Å². The maximum Gasteiger partial charge on any atom is 0.332 e. The fourth-order valence-electron chi connectivity index (χ4n) is 3.67. The number of hydrogen-bond donors (Lipinski definition) is 5. The third-order valence-corrected chi connectivity index (χ3v) is 6.58. The molecule has 3 atom stereocenters. The topological polar surface area (TPSA) is 220 Å². The van der Waals surface area contributed by atoms with Crippen LogP contribution >= 0.6 is 0 Å². The molecule has 7 N–H and O–H groups in total. The normalized spacial score (nSPS) is 14.7. The Labute approximate surface area is 223 Å². The van der Waals surface area contributed by atoms with E-state index in [0.717, 1.165) is 6.07 Å². The van der Waals surface area contributed by atoms with E-state index in [4.69, 9.17) is 21.3 Å². The first-order valence-corrected chi connectivity index (χ1v) is 13.1. The first-order valence-electron chi connectivity index (χ1n) is 11.8. The number of aliphatic hydroxyl groups excluding tert-OH is 2. The van der Waals surface area contributed by atoms with Crippen molar-refractivity contribution in [2.24, 2.45) is 5.73 Å². The molecule has 0 spiro atoms. The average Bonchev–Trinajstić information content (AvgIpc) is 3.33. The smallest absolute Gasteiger partial charge is 0.332 e. The first-order chi connectivity index (χ1) is 18.5. The summed E-state index contributed by atoms with van der Waals surface area (Å²) in [5, 5.41) is 29.1. The molecule has 14 nitrogen and oxygen atoms in total. The number of carbonyl (C=O) groups is 1. The molecular weight excluding hydrogens is 537 g/mol. The van der Waals surface area contributed by atoms with Gasteiger partial charge in [0.25, 0.3) is 0 Å². The van der Waals surface area contributed by atoms with Gasteiger partial charge < -0.3 is 31.5 Å². The number of hydrogen-bond acceptors (Lipinski definition) is 12. The fraction of sp³-hybridized carbons (Fsp3) is 0.391. The number of aliphatic hydroxyl groups is 2. The van der Waals surface area contributed by atoms with Crippen LogP contribution in [0.3, 0.4) is 0 Å². The van der Waals surface area contributed by atoms with Gasteiger partial charge in [-0.2, -0.15) is 8.42 Å². The van der Waals surface area contributed by atoms with Gasteiger partial charge in [0.05, 0.1) is 24.4 Å². The molecule has 0 saturated heterocycles. The second kappa shape index (κ2) is 13.5. The summed E-state index contributed by atoms with van der Waals surface area (Å²) in [5.41, 5.74) is 12.5. The summed E-state index contributed by atoms with van der Waals surface area (Å²) in [7, 11) is -4.85. The third kappa shape index (κ3) is 8.22. The standard InChI is InChI=1S/C23H30FN7O7S/c24-39(36,37)16-5-1-3-15(11-16)4-2-7-30(8-6-17(25)23(34)35)9-10-38-22(18(33)12-32)31-14-29-19-20(26)27-13-28-21(19)31/h1-5,11,13-14,17-18,22,32-33H,6-10,12,25H2,(H,34,35)(H2,26,27,28)/b4-2+/t17-,18+,22+/m0/s1. The second-order valence-corrected chi connectivity index (χ2v) is 9.89. The summed E-state index contributed by atoms with van der Waals surface area (Å²) in [4.78, 5) is 24.7. The van der Waals surface area contributed by atoms with E-state index in [1.807, 2.05) is 4.90 Å². The highest BCUT2D eigenvalue weighted by molar-refractivity contribution is 7.86. The second-order valence-electron chi connectivity index (χ2n) is 8.54. The Hall–Kier alpha value is -3.54. The van der Waals surface area contributed by atoms with Gasteiger partial charge in [0.2, 0.25) is 0 Å². The number of aliphatic carboxylic acids is 1. The molecule has 3 aromatic rings. The number of nitrogens with zero attached hydrogens (tertiary/aromatic N) is 5. The molecule has 2 heterocycles. The molecule has 0 bridgehead atoms. The Morgan fingerprint density at radius 3 is 2.72 bits per heavy atom. The number of halogens is 1. The Morgan fingerprint density at radius 1 is 1.26 bits per heavy atom. The molecule has 1 aromatic carbocycles. The Morgan fingerprint density at radius 2 is 2.03 bits per heavy atom. The zero-order valence-electron chi connectivity index (χ0n) is 20.7. The summed E-state index contributed by atoms with van der Waals surface area (Å²) in [6.45, 7) is 0.235. The zero-order chi connectivity index (χ0) is 28.6. The van der Waals surface area contributed by atoms with Crippen molar-refractivity contribution in [1.82, 2.24) is 24.4 Å². The fourth-order valence-corrected chi connectivity index (χ4v) is 4.19. The molecule has 0 radical (unpaired) electrons. The van der Waals surface area contributed by atoms with Crippen molar-refractivity contribution >= 4 is 39.3 Å². The molecule has 0 aliphatic carbocycles. The molecule has 16 heteroatoms. The average molecular weight is 568 g/mol. The van der Waals surface area contributed by atoms with Gasteiger partial charge in [-0.3, -0.25) is 14.3 Å². The highest BCUT2D eigenvalue weighted by Gasteiger charge is 2.25. The van der Waals surface area contributed by atoms with Crippen LogP contribution in [0.1, 0.15) is 18.2 Å². The minimum Gasteiger partial charge on any atom is -0.480 e. The van der Waals surface area contributed by atoms with Crippen LogP contribution in [0.4, 0.5) is 9.70 Å². The molecule has 0 amide bonds. The third-order valence-electron chi connectivity index (χ3n) is 5.76. The number of fused-ring (bicyclic) bond motifs is 1. The van der Waals surface area contributed by atoms with E-state index in [0.29, 0.717) is 16.7 Å². The van der Waals surface area contributed by atoms with Gasteiger partial charge in [0, 0.05) is 19.6 Å². The molecule has 212 valence electrons. The number of anilines is 1. The number of rotatable bonds is 15. The Balaban J connectivity index is 1.71. The van der Waals surface area contributed by atoms with E-state index in [1.165, 1.54) is 29.4 Å². The van der Waals surface area contributed by atoms with Crippen LogP contribution in [0.2, 0.25) is 0 Å². The molecule has 2 aromatic heterocycles. The van der Waals surface area contributed by atoms with Crippen LogP contribution in [0.25, 0.3) is 17.2 Å². The highest BCUT2D eigenvalue weighted by atomic mass is 32.3. The van der Waals surface area contributed by atoms with Crippen LogP contribution in [-0.4, -0.2) is 99.1 Å². The van der Waals surface area contributed by atoms with Gasteiger partial charge in [0.15, 0.2) is 17.7 Å². The minimum atomic E-state index is -4.85. The van der Waals surface area contributed by atoms with Crippen LogP contribution in [0.5, 0.6) is 0 Å². The molecule has 3 rings (SSSR count). The van der Waals surface area contributed by atoms with Crippen molar-refractivity contribution in [2.45, 2.75) is 29.7 Å². The van der Waals surface area contributed by atoms with Crippen LogP contribution < -0.4 is 11.5 Å². The number of nitrogen functional groups attached to an aromatic ring is 1. The van der Waals surface area contributed by atoms with E-state index in [2.05, 4.69) is 15.0 Å². The minimum absolute atomic E-state index is 0.0354. The predicted octanol–water partition coefficient (Wildman–Crippen LogP) is -0.247. The molecule has 39 heavy (non-hydrogen) atoms. The van der Waals surface area contributed by atoms with E-state index in [1.54, 1.807) is 18.2 Å². The van der Waals surface area contributed by atoms with Crippen molar-refractivity contribution in [1.29, 1.82) is 0 Å². The number of imidazole rings is 1. The van der Waals surface area contributed by atoms with E-state index < -0.39 is 46.1 Å². The van der Waals surface area contributed by atoms with Crippen LogP contribution in [0, 0.1) is 0 Å². The summed E-state index contributed by atoms with van der Waals surface area (Å²) in [5.74, 6) is -1.01. The van der Waals surface area contributed by atoms with Crippen LogP contribution in [-0.2, 0) is 19.8 Å². The van der Waals surface area contributed by atoms with Crippen molar-refractivity contribution in [2.75, 3.05) is 38.6 Å². The lowest BCUT2D eigenvalue weighted by atomic mass is 10.2. The maximum absolute atomic E-state index is 13.3. The number of aromatic nitrogens is 4. The molecule has 0 unspecified atom stereocenters. The number of carboxylic acids is 1. The summed E-state index contributed by atoms with van der Waals surface area (Å²) >= 11 is 0. The monoisotopic (exact) mass is 567 g/mol. The lowest BCUT2D eigenvalue weighted by Gasteiger charge is -2.26. The first kappa shape index (κ1) is 30.0. The quantitative estimate of drug-likeness (QED) is 0.150. The lowest BCUT2D eigenvalue weighted by Crippen LogP contribution is -2.38. The Kier molecular flexibility index (Phi) is 10.4. The SMILES string of the molecule is Nc1ncnc2c1ncn2[C@H](OCCN(C/C=C/c1cccc(S(=O)(=O)F)c1)CC[C@H](N)C(=O)O)[C@H](O)CO. The van der Waals surface area contributed by atoms with Crippen LogP contribution in [0.15, 0.2) is 47.9 Å². The number of carboxylic acid groups (broad SMARTS) is 1. The largest absolute Gasteiger partial charge is 0.480 e. The van der Waals surface area contributed by atoms with Gasteiger partial charge in [-0.05, 0) is 24.1 Å². The van der Waals surface area contributed by atoms with Crippen molar-refractivity contribution in [3.8, 4) is 0 Å². The van der Waals surface area contributed by atoms with E-state index in [9.17, 15) is 27.3 Å². The number of benzene rings is 1. The Bertz CT molecular complexity index is 1400. The van der Waals surface area contributed by atoms with Crippen molar-refractivity contribution in [3.63, 3.8) is 0 Å². The molecule has 0 aliphatic heterocycles. The maximum atomic E-state index is 13.3. The summed E-state index contributed by atoms with van der Waals surface area (Å²) in [6.07, 6.45) is 3.61. The van der Waals surface area contributed by atoms with Gasteiger partial charge >= 0.3 is 16.2 Å². The number of ether oxygens (including phenoxy) is 1. The van der Waals surface area contributed by atoms with Crippen molar-refractivity contribution in [3.05, 3.63) is 48.6 Å². The van der Waals surface area contributed by atoms with E-state index in [-0.39, 0.29) is 38.5 Å². The van der Waals surface area contributed by atoms with Gasteiger partial charge in [-0.25, -0.2) is 15.0 Å². The highest BCUT2D eigenvalue weighted by Crippen LogP contribution is 2.22. The van der Waals surface area contributed by atoms with Crippen molar-refractivity contribution < 1.29 is 37.2 Å². The summed E-state index contributed by atoms with van der Waals surface area (Å²) < 4.78 is 42.9. The number of nitrogens with two attached hydrogens (primary N) is 2. The van der Waals surface area contributed by atoms with Gasteiger partial charge in [-0.1, -0.05) is 24.3 Å². The summed E-state index contributed by atoms with van der Waals surface area (Å²) in [6, 6.07) is 4.26. The predicted molar refractivity (Wildman–Crippen MR) is 138 cm³/mol. The van der Waals surface area contributed by atoms with Gasteiger partial charge in [0.1, 0.15) is 24.0 Å². The zero-order valence-corrected chi connectivity index (χ0v) is 21.6. The molecular formula is C23H30FN7O7S. The molecule has 0 aliphatic rings.